The summed E-state index contributed by atoms with van der Waals surface area (Å²) in [5.74, 6) is 0.842. The molecule has 2 aliphatic carbocycles. The Bertz CT molecular complexity index is 911. The molecular formula is C21H18ClNO4. The van der Waals surface area contributed by atoms with Gasteiger partial charge in [-0.05, 0) is 55.2 Å². The zero-order valence-corrected chi connectivity index (χ0v) is 15.2. The summed E-state index contributed by atoms with van der Waals surface area (Å²) in [5, 5.41) is 3.48. The van der Waals surface area contributed by atoms with Gasteiger partial charge in [-0.2, -0.15) is 0 Å². The molecule has 5 rings (SSSR count). The average Bonchev–Trinajstić information content (AvgIpc) is 3.27. The second-order valence-electron chi connectivity index (χ2n) is 7.47. The third-order valence-corrected chi connectivity index (χ3v) is 6.28. The van der Waals surface area contributed by atoms with E-state index in [0.717, 1.165) is 12.8 Å². The van der Waals surface area contributed by atoms with Crippen LogP contribution in [0.4, 0.5) is 5.69 Å². The molecule has 3 aliphatic rings. The van der Waals surface area contributed by atoms with Crippen molar-refractivity contribution in [3.05, 3.63) is 53.6 Å². The first-order valence-corrected chi connectivity index (χ1v) is 9.52. The second-order valence-corrected chi connectivity index (χ2v) is 7.88. The first-order valence-electron chi connectivity index (χ1n) is 9.14. The van der Waals surface area contributed by atoms with E-state index in [1.807, 2.05) is 12.1 Å². The summed E-state index contributed by atoms with van der Waals surface area (Å²) < 4.78 is 11.2. The van der Waals surface area contributed by atoms with Gasteiger partial charge in [-0.15, -0.1) is 0 Å². The third kappa shape index (κ3) is 2.77. The number of anilines is 1. The minimum Gasteiger partial charge on any atom is -0.462 e. The Kier molecular flexibility index (Phi) is 3.86. The Morgan fingerprint density at radius 2 is 1.89 bits per heavy atom. The van der Waals surface area contributed by atoms with Gasteiger partial charge in [-0.3, -0.25) is 9.59 Å². The number of nitrogens with one attached hydrogen (secondary N) is 1. The minimum atomic E-state index is -0.277. The van der Waals surface area contributed by atoms with Gasteiger partial charge < -0.3 is 14.8 Å². The van der Waals surface area contributed by atoms with Gasteiger partial charge in [0.2, 0.25) is 5.91 Å². The van der Waals surface area contributed by atoms with E-state index in [1.165, 1.54) is 0 Å². The highest BCUT2D eigenvalue weighted by Gasteiger charge is 2.63. The van der Waals surface area contributed by atoms with Crippen molar-refractivity contribution in [1.82, 2.24) is 0 Å². The normalized spacial score (nSPS) is 30.3. The van der Waals surface area contributed by atoms with Gasteiger partial charge in [0, 0.05) is 11.6 Å². The van der Waals surface area contributed by atoms with E-state index in [0.29, 0.717) is 22.2 Å². The van der Waals surface area contributed by atoms with Crippen molar-refractivity contribution in [1.29, 1.82) is 0 Å². The summed E-state index contributed by atoms with van der Waals surface area (Å²) in [6.45, 7) is 0. The molecule has 0 spiro atoms. The monoisotopic (exact) mass is 383 g/mol. The molecule has 5 atom stereocenters. The molecule has 3 fully saturated rings. The first kappa shape index (κ1) is 16.6. The average molecular weight is 384 g/mol. The Morgan fingerprint density at radius 3 is 2.67 bits per heavy atom. The maximum Gasteiger partial charge on any atom is 0.310 e. The van der Waals surface area contributed by atoms with Crippen molar-refractivity contribution in [3.8, 4) is 11.5 Å². The van der Waals surface area contributed by atoms with E-state index < -0.39 is 0 Å². The largest absolute Gasteiger partial charge is 0.462 e. The third-order valence-electron chi connectivity index (χ3n) is 5.97. The summed E-state index contributed by atoms with van der Waals surface area (Å²) in [7, 11) is 0. The number of hydrogen-bond acceptors (Lipinski definition) is 4. The Morgan fingerprint density at radius 1 is 1.11 bits per heavy atom. The van der Waals surface area contributed by atoms with E-state index in [2.05, 4.69) is 5.32 Å². The molecule has 0 radical (unpaired) electrons. The lowest BCUT2D eigenvalue weighted by molar-refractivity contribution is -0.145. The molecule has 27 heavy (non-hydrogen) atoms. The van der Waals surface area contributed by atoms with Crippen LogP contribution < -0.4 is 10.1 Å². The van der Waals surface area contributed by atoms with E-state index in [-0.39, 0.29) is 41.7 Å². The van der Waals surface area contributed by atoms with Crippen molar-refractivity contribution < 1.29 is 19.1 Å². The first-order chi connectivity index (χ1) is 13.1. The lowest BCUT2D eigenvalue weighted by Gasteiger charge is -2.23. The molecule has 2 bridgehead atoms. The topological polar surface area (TPSA) is 64.6 Å². The predicted octanol–water partition coefficient (Wildman–Crippen LogP) is 4.27. The van der Waals surface area contributed by atoms with Crippen LogP contribution in [0.3, 0.4) is 0 Å². The fourth-order valence-corrected chi connectivity index (χ4v) is 5.02. The Balaban J connectivity index is 1.27. The quantitative estimate of drug-likeness (QED) is 0.801. The van der Waals surface area contributed by atoms with Crippen LogP contribution in [0.1, 0.15) is 12.8 Å². The molecule has 2 saturated carbocycles. The number of rotatable bonds is 4. The number of fused-ring (bicyclic) bond motifs is 1. The van der Waals surface area contributed by atoms with Crippen LogP contribution in [0, 0.1) is 23.7 Å². The lowest BCUT2D eigenvalue weighted by atomic mass is 9.79. The van der Waals surface area contributed by atoms with Gasteiger partial charge in [-0.1, -0.05) is 23.7 Å². The summed E-state index contributed by atoms with van der Waals surface area (Å²) in [4.78, 5) is 24.9. The zero-order chi connectivity index (χ0) is 18.5. The maximum atomic E-state index is 12.8. The van der Waals surface area contributed by atoms with Crippen molar-refractivity contribution in [2.24, 2.45) is 23.7 Å². The predicted molar refractivity (Wildman–Crippen MR) is 99.7 cm³/mol. The molecule has 0 aromatic heterocycles. The van der Waals surface area contributed by atoms with Gasteiger partial charge in [0.25, 0.3) is 0 Å². The van der Waals surface area contributed by atoms with Crippen molar-refractivity contribution >= 4 is 29.2 Å². The molecule has 138 valence electrons. The molecule has 6 heteroatoms. The summed E-state index contributed by atoms with van der Waals surface area (Å²) in [6, 6.07) is 14.4. The van der Waals surface area contributed by atoms with Crippen molar-refractivity contribution in [3.63, 3.8) is 0 Å². The molecule has 1 aliphatic heterocycles. The number of hydrogen-bond donors (Lipinski definition) is 1. The number of para-hydroxylation sites is 1. The van der Waals surface area contributed by atoms with Gasteiger partial charge >= 0.3 is 5.97 Å². The standard InChI is InChI=1S/C21H18ClNO4/c22-15-3-1-2-4-16(15)26-13-7-5-12(6-8-13)23-20(24)18-11-9-14-17(10-11)27-21(25)19(14)18/h1-8,11,14,17-19H,9-10H2,(H,23,24)/t11-,14-,17+,18+,19-/m0/s1. The smallest absolute Gasteiger partial charge is 0.310 e. The number of halogens is 1. The minimum absolute atomic E-state index is 0.0396. The summed E-state index contributed by atoms with van der Waals surface area (Å²) in [6.07, 6.45) is 1.78. The van der Waals surface area contributed by atoms with Crippen LogP contribution in [0.2, 0.25) is 5.02 Å². The van der Waals surface area contributed by atoms with Crippen LogP contribution in [0.15, 0.2) is 48.5 Å². The molecule has 1 saturated heterocycles. The summed E-state index contributed by atoms with van der Waals surface area (Å²) >= 11 is 6.10. The summed E-state index contributed by atoms with van der Waals surface area (Å²) in [5.41, 5.74) is 0.678. The number of benzene rings is 2. The zero-order valence-electron chi connectivity index (χ0n) is 14.4. The van der Waals surface area contributed by atoms with Gasteiger partial charge in [0.05, 0.1) is 16.9 Å². The lowest BCUT2D eigenvalue weighted by Crippen LogP contribution is -2.35. The number of ether oxygens (including phenoxy) is 2. The van der Waals surface area contributed by atoms with Crippen LogP contribution in [0.5, 0.6) is 11.5 Å². The molecule has 2 aromatic carbocycles. The van der Waals surface area contributed by atoms with E-state index in [1.54, 1.807) is 36.4 Å². The molecule has 2 aromatic rings. The van der Waals surface area contributed by atoms with E-state index >= 15 is 0 Å². The molecule has 5 nitrogen and oxygen atoms in total. The number of amides is 1. The Labute approximate surface area is 161 Å². The van der Waals surface area contributed by atoms with E-state index in [4.69, 9.17) is 21.1 Å². The fraction of sp³-hybridized carbons (Fsp3) is 0.333. The van der Waals surface area contributed by atoms with Crippen LogP contribution in [-0.4, -0.2) is 18.0 Å². The van der Waals surface area contributed by atoms with Crippen molar-refractivity contribution in [2.75, 3.05) is 5.32 Å². The van der Waals surface area contributed by atoms with Crippen LogP contribution in [-0.2, 0) is 14.3 Å². The molecular weight excluding hydrogens is 366 g/mol. The molecule has 1 amide bonds. The molecule has 0 unspecified atom stereocenters. The number of carbonyl (C=O) groups is 2. The highest BCUT2D eigenvalue weighted by molar-refractivity contribution is 6.32. The highest BCUT2D eigenvalue weighted by Crippen LogP contribution is 2.57. The van der Waals surface area contributed by atoms with Crippen LogP contribution >= 0.6 is 11.6 Å². The Hall–Kier alpha value is -2.53. The molecule has 1 heterocycles. The van der Waals surface area contributed by atoms with Gasteiger partial charge in [-0.25, -0.2) is 0 Å². The number of esters is 1. The fourth-order valence-electron chi connectivity index (χ4n) is 4.85. The van der Waals surface area contributed by atoms with Crippen molar-refractivity contribution in [2.45, 2.75) is 18.9 Å². The number of carbonyl (C=O) groups excluding carboxylic acids is 2. The van der Waals surface area contributed by atoms with E-state index in [9.17, 15) is 9.59 Å². The van der Waals surface area contributed by atoms with Crippen LogP contribution in [0.25, 0.3) is 0 Å². The van der Waals surface area contributed by atoms with Gasteiger partial charge in [0.1, 0.15) is 17.6 Å². The highest BCUT2D eigenvalue weighted by atomic mass is 35.5. The SMILES string of the molecule is O=C(Nc1ccc(Oc2ccccc2Cl)cc1)[C@@H]1[C@H]2C[C@@H]3[C@@H]1C(=O)O[C@@H]3C2. The molecule has 1 N–H and O–H groups in total. The maximum absolute atomic E-state index is 12.8. The van der Waals surface area contributed by atoms with Gasteiger partial charge in [0.15, 0.2) is 0 Å². The second kappa shape index (κ2) is 6.27.